The van der Waals surface area contributed by atoms with Gasteiger partial charge in [-0.3, -0.25) is 4.79 Å². The molecule has 0 saturated carbocycles. The fourth-order valence-corrected chi connectivity index (χ4v) is 3.66. The molecule has 7 heteroatoms. The Balaban J connectivity index is 1.54. The van der Waals surface area contributed by atoms with Gasteiger partial charge in [-0.15, -0.1) is 0 Å². The molecule has 24 heavy (non-hydrogen) atoms. The van der Waals surface area contributed by atoms with E-state index in [1.807, 2.05) is 36.1 Å². The van der Waals surface area contributed by atoms with E-state index in [1.54, 1.807) is 0 Å². The lowest BCUT2D eigenvalue weighted by atomic mass is 10.1. The van der Waals surface area contributed by atoms with Gasteiger partial charge in [0.2, 0.25) is 11.0 Å². The lowest BCUT2D eigenvalue weighted by molar-refractivity contribution is -0.130. The van der Waals surface area contributed by atoms with Gasteiger partial charge in [0.1, 0.15) is 5.82 Å². The van der Waals surface area contributed by atoms with Crippen molar-refractivity contribution in [1.29, 1.82) is 0 Å². The van der Waals surface area contributed by atoms with E-state index < -0.39 is 0 Å². The van der Waals surface area contributed by atoms with Crippen molar-refractivity contribution in [2.24, 2.45) is 0 Å². The zero-order valence-corrected chi connectivity index (χ0v) is 14.8. The van der Waals surface area contributed by atoms with E-state index in [9.17, 15) is 4.79 Å². The van der Waals surface area contributed by atoms with Gasteiger partial charge < -0.3 is 15.5 Å². The van der Waals surface area contributed by atoms with Crippen molar-refractivity contribution < 1.29 is 4.79 Å². The molecule has 2 heterocycles. The third kappa shape index (κ3) is 4.03. The molecule has 1 aromatic heterocycles. The highest BCUT2D eigenvalue weighted by molar-refractivity contribution is 7.09. The molecule has 0 atom stereocenters. The molecule has 0 unspecified atom stereocenters. The summed E-state index contributed by atoms with van der Waals surface area (Å²) >= 11 is 1.43. The predicted octanol–water partition coefficient (Wildman–Crippen LogP) is 2.10. The lowest BCUT2D eigenvalue weighted by Gasteiger charge is -2.21. The van der Waals surface area contributed by atoms with Gasteiger partial charge in [0.25, 0.3) is 0 Å². The molecule has 6 nitrogen and oxygen atoms in total. The Kier molecular flexibility index (Phi) is 5.30. The van der Waals surface area contributed by atoms with E-state index in [0.717, 1.165) is 54.8 Å². The van der Waals surface area contributed by atoms with Crippen LogP contribution in [0.15, 0.2) is 24.3 Å². The van der Waals surface area contributed by atoms with Crippen LogP contribution in [0.25, 0.3) is 0 Å². The van der Waals surface area contributed by atoms with Crippen molar-refractivity contribution >= 4 is 28.3 Å². The van der Waals surface area contributed by atoms with Crippen LogP contribution in [0.1, 0.15) is 24.2 Å². The highest BCUT2D eigenvalue weighted by Gasteiger charge is 2.20. The minimum Gasteiger partial charge on any atom is -0.399 e. The highest BCUT2D eigenvalue weighted by atomic mass is 32.1. The molecule has 1 saturated heterocycles. The van der Waals surface area contributed by atoms with Crippen LogP contribution in [0.4, 0.5) is 10.8 Å². The van der Waals surface area contributed by atoms with E-state index in [0.29, 0.717) is 12.8 Å². The van der Waals surface area contributed by atoms with Gasteiger partial charge in [0, 0.05) is 49.8 Å². The summed E-state index contributed by atoms with van der Waals surface area (Å²) < 4.78 is 4.24. The largest absolute Gasteiger partial charge is 0.399 e. The van der Waals surface area contributed by atoms with Gasteiger partial charge in [-0.05, 0) is 31.4 Å². The molecule has 1 aliphatic rings. The number of para-hydroxylation sites is 1. The Morgan fingerprint density at radius 3 is 2.83 bits per heavy atom. The van der Waals surface area contributed by atoms with Crippen LogP contribution >= 0.6 is 11.5 Å². The maximum atomic E-state index is 12.5. The number of hydrogen-bond donors (Lipinski definition) is 1. The number of nitrogen functional groups attached to an aromatic ring is 1. The van der Waals surface area contributed by atoms with Gasteiger partial charge >= 0.3 is 0 Å². The number of aryl methyl sites for hydroxylation is 2. The smallest absolute Gasteiger partial charge is 0.222 e. The number of hydrogen-bond acceptors (Lipinski definition) is 6. The number of aromatic nitrogens is 2. The average Bonchev–Trinajstić information content (AvgIpc) is 2.86. The Morgan fingerprint density at radius 2 is 2.08 bits per heavy atom. The minimum atomic E-state index is 0.202. The zero-order valence-electron chi connectivity index (χ0n) is 13.9. The molecule has 1 amide bonds. The number of amides is 1. The van der Waals surface area contributed by atoms with Gasteiger partial charge in [-0.1, -0.05) is 18.2 Å². The van der Waals surface area contributed by atoms with Crippen molar-refractivity contribution in [3.05, 3.63) is 35.7 Å². The summed E-state index contributed by atoms with van der Waals surface area (Å²) in [6.45, 7) is 5.18. The Labute approximate surface area is 146 Å². The molecule has 1 fully saturated rings. The molecule has 1 aliphatic heterocycles. The number of carbonyl (C=O) groups excluding carboxylic acids is 1. The molecular weight excluding hydrogens is 322 g/mol. The van der Waals surface area contributed by atoms with Crippen LogP contribution < -0.4 is 10.6 Å². The molecule has 0 radical (unpaired) electrons. The number of carbonyl (C=O) groups is 1. The van der Waals surface area contributed by atoms with Crippen molar-refractivity contribution in [3.8, 4) is 0 Å². The van der Waals surface area contributed by atoms with E-state index >= 15 is 0 Å². The molecule has 1 aromatic carbocycles. The van der Waals surface area contributed by atoms with Crippen molar-refractivity contribution in [2.45, 2.75) is 26.2 Å². The van der Waals surface area contributed by atoms with E-state index in [-0.39, 0.29) is 5.91 Å². The normalized spacial score (nSPS) is 15.4. The van der Waals surface area contributed by atoms with E-state index in [1.165, 1.54) is 11.5 Å². The topological polar surface area (TPSA) is 75.4 Å². The van der Waals surface area contributed by atoms with Crippen LogP contribution in [-0.4, -0.2) is 46.3 Å². The third-order valence-electron chi connectivity index (χ3n) is 4.30. The number of nitrogens with two attached hydrogens (primary N) is 1. The van der Waals surface area contributed by atoms with Gasteiger partial charge in [-0.2, -0.15) is 4.37 Å². The summed E-state index contributed by atoms with van der Waals surface area (Å²) in [5.74, 6) is 1.01. The van der Waals surface area contributed by atoms with Gasteiger partial charge in [0.15, 0.2) is 0 Å². The first-order valence-corrected chi connectivity index (χ1v) is 9.07. The molecule has 0 bridgehead atoms. The maximum absolute atomic E-state index is 12.5. The first-order chi connectivity index (χ1) is 11.6. The number of benzene rings is 1. The molecule has 0 spiro atoms. The van der Waals surface area contributed by atoms with Crippen LogP contribution in [0.2, 0.25) is 0 Å². The summed E-state index contributed by atoms with van der Waals surface area (Å²) in [6, 6.07) is 7.75. The van der Waals surface area contributed by atoms with Gasteiger partial charge in [0.05, 0.1) is 0 Å². The first-order valence-electron chi connectivity index (χ1n) is 8.30. The van der Waals surface area contributed by atoms with E-state index in [2.05, 4.69) is 14.3 Å². The summed E-state index contributed by atoms with van der Waals surface area (Å²) in [4.78, 5) is 21.2. The number of nitrogens with zero attached hydrogens (tertiary/aromatic N) is 4. The molecule has 2 N–H and O–H groups in total. The highest BCUT2D eigenvalue weighted by Crippen LogP contribution is 2.19. The second-order valence-electron chi connectivity index (χ2n) is 6.04. The Hall–Kier alpha value is -2.15. The second-order valence-corrected chi connectivity index (χ2v) is 6.77. The summed E-state index contributed by atoms with van der Waals surface area (Å²) in [5.41, 5.74) is 7.76. The quantitative estimate of drug-likeness (QED) is 0.859. The first kappa shape index (κ1) is 16.7. The summed E-state index contributed by atoms with van der Waals surface area (Å²) in [7, 11) is 0. The average molecular weight is 345 g/mol. The zero-order chi connectivity index (χ0) is 16.9. The SMILES string of the molecule is Cc1nsc(N2CCCN(C(=O)CCc3ccccc3N)CC2)n1. The van der Waals surface area contributed by atoms with Crippen molar-refractivity contribution in [3.63, 3.8) is 0 Å². The van der Waals surface area contributed by atoms with Gasteiger partial charge in [-0.25, -0.2) is 4.98 Å². The van der Waals surface area contributed by atoms with Crippen LogP contribution in [0.3, 0.4) is 0 Å². The van der Waals surface area contributed by atoms with Crippen LogP contribution in [0, 0.1) is 6.92 Å². The lowest BCUT2D eigenvalue weighted by Crippen LogP contribution is -2.35. The number of rotatable bonds is 4. The Morgan fingerprint density at radius 1 is 1.25 bits per heavy atom. The summed E-state index contributed by atoms with van der Waals surface area (Å²) in [6.07, 6.45) is 2.16. The molecule has 0 aliphatic carbocycles. The third-order valence-corrected chi connectivity index (χ3v) is 5.17. The maximum Gasteiger partial charge on any atom is 0.222 e. The van der Waals surface area contributed by atoms with Crippen molar-refractivity contribution in [1.82, 2.24) is 14.3 Å². The molecule has 3 rings (SSSR count). The monoisotopic (exact) mass is 345 g/mol. The minimum absolute atomic E-state index is 0.202. The fraction of sp³-hybridized carbons (Fsp3) is 0.471. The van der Waals surface area contributed by atoms with Crippen LogP contribution in [-0.2, 0) is 11.2 Å². The van der Waals surface area contributed by atoms with E-state index in [4.69, 9.17) is 5.73 Å². The predicted molar refractivity (Wildman–Crippen MR) is 97.2 cm³/mol. The number of anilines is 2. The summed E-state index contributed by atoms with van der Waals surface area (Å²) in [5, 5.41) is 0.957. The van der Waals surface area contributed by atoms with Crippen LogP contribution in [0.5, 0.6) is 0 Å². The second kappa shape index (κ2) is 7.61. The Bertz CT molecular complexity index is 702. The molecule has 2 aromatic rings. The van der Waals surface area contributed by atoms with Crippen molar-refractivity contribution in [2.75, 3.05) is 36.8 Å². The fourth-order valence-electron chi connectivity index (χ4n) is 2.93. The molecular formula is C17H23N5OS. The molecule has 128 valence electrons. The standard InChI is InChI=1S/C17H23N5OS/c1-13-19-17(24-20-13)22-10-4-9-21(11-12-22)16(23)8-7-14-5-2-3-6-15(14)18/h2-3,5-6H,4,7-12,18H2,1H3.